The number of ether oxygens (including phenoxy) is 1. The number of halogens is 2. The van der Waals surface area contributed by atoms with Gasteiger partial charge in [-0.3, -0.25) is 13.9 Å². The fourth-order valence-electron chi connectivity index (χ4n) is 4.36. The summed E-state index contributed by atoms with van der Waals surface area (Å²) in [7, 11) is -2.51. The van der Waals surface area contributed by atoms with E-state index in [9.17, 15) is 18.0 Å². The zero-order valence-electron chi connectivity index (χ0n) is 23.7. The third-order valence-corrected chi connectivity index (χ3v) is 8.19. The van der Waals surface area contributed by atoms with Gasteiger partial charge in [-0.05, 0) is 61.7 Å². The molecule has 0 aliphatic rings. The molecule has 0 fully saturated rings. The van der Waals surface area contributed by atoms with Crippen molar-refractivity contribution >= 4 is 50.7 Å². The Hall–Kier alpha value is -3.27. The zero-order valence-corrected chi connectivity index (χ0v) is 26.1. The average molecular weight is 621 g/mol. The molecule has 0 unspecified atom stereocenters. The fourth-order valence-corrected chi connectivity index (χ4v) is 5.52. The first-order valence-corrected chi connectivity index (χ1v) is 15.6. The lowest BCUT2D eigenvalue weighted by molar-refractivity contribution is -0.140. The van der Waals surface area contributed by atoms with Gasteiger partial charge in [0.2, 0.25) is 21.8 Å². The van der Waals surface area contributed by atoms with E-state index in [2.05, 4.69) is 5.32 Å². The van der Waals surface area contributed by atoms with Crippen molar-refractivity contribution in [2.24, 2.45) is 0 Å². The van der Waals surface area contributed by atoms with Crippen molar-refractivity contribution in [1.29, 1.82) is 0 Å². The Morgan fingerprint density at radius 2 is 1.63 bits per heavy atom. The van der Waals surface area contributed by atoms with Crippen molar-refractivity contribution in [3.05, 3.63) is 93.5 Å². The number of nitrogens with zero attached hydrogens (tertiary/aromatic N) is 2. The molecule has 0 bridgehead atoms. The van der Waals surface area contributed by atoms with Crippen LogP contribution in [0, 0.1) is 6.92 Å². The molecule has 11 heteroatoms. The second-order valence-corrected chi connectivity index (χ2v) is 12.8. The summed E-state index contributed by atoms with van der Waals surface area (Å²) >= 11 is 12.4. The SMILES string of the molecule is COc1ccc(C)cc1N(CC(=O)N(Cc1ccc(Cl)c(Cl)c1)[C@H](Cc1ccccc1)C(=O)NC(C)C)S(C)(=O)=O. The highest BCUT2D eigenvalue weighted by atomic mass is 35.5. The molecule has 0 aliphatic carbocycles. The summed E-state index contributed by atoms with van der Waals surface area (Å²) in [6.45, 7) is 4.91. The van der Waals surface area contributed by atoms with Crippen molar-refractivity contribution < 1.29 is 22.7 Å². The molecule has 0 radical (unpaired) electrons. The van der Waals surface area contributed by atoms with Crippen LogP contribution in [0.5, 0.6) is 5.75 Å². The van der Waals surface area contributed by atoms with Gasteiger partial charge in [-0.25, -0.2) is 8.42 Å². The van der Waals surface area contributed by atoms with E-state index >= 15 is 0 Å². The molecule has 41 heavy (non-hydrogen) atoms. The summed E-state index contributed by atoms with van der Waals surface area (Å²) in [5.74, 6) is -0.649. The molecule has 0 saturated heterocycles. The number of methoxy groups -OCH3 is 1. The predicted molar refractivity (Wildman–Crippen MR) is 164 cm³/mol. The van der Waals surface area contributed by atoms with E-state index in [0.29, 0.717) is 21.4 Å². The Morgan fingerprint density at radius 1 is 0.951 bits per heavy atom. The minimum absolute atomic E-state index is 0.0126. The van der Waals surface area contributed by atoms with Gasteiger partial charge >= 0.3 is 0 Å². The molecule has 0 spiro atoms. The lowest BCUT2D eigenvalue weighted by atomic mass is 10.0. The van der Waals surface area contributed by atoms with Gasteiger partial charge in [0.25, 0.3) is 0 Å². The minimum Gasteiger partial charge on any atom is -0.495 e. The Labute approximate surface area is 252 Å². The first-order valence-electron chi connectivity index (χ1n) is 13.0. The summed E-state index contributed by atoms with van der Waals surface area (Å²) in [5.41, 5.74) is 2.47. The Morgan fingerprint density at radius 3 is 2.22 bits per heavy atom. The molecule has 8 nitrogen and oxygen atoms in total. The summed E-state index contributed by atoms with van der Waals surface area (Å²) in [6, 6.07) is 18.2. The highest BCUT2D eigenvalue weighted by Crippen LogP contribution is 2.31. The second kappa shape index (κ2) is 14.1. The van der Waals surface area contributed by atoms with Crippen LogP contribution in [0.4, 0.5) is 5.69 Å². The summed E-state index contributed by atoms with van der Waals surface area (Å²) in [5, 5.41) is 3.56. The maximum atomic E-state index is 14.2. The summed E-state index contributed by atoms with van der Waals surface area (Å²) in [4.78, 5) is 29.2. The maximum Gasteiger partial charge on any atom is 0.244 e. The van der Waals surface area contributed by atoms with Crippen molar-refractivity contribution in [1.82, 2.24) is 10.2 Å². The molecule has 0 saturated carbocycles. The third-order valence-electron chi connectivity index (χ3n) is 6.32. The van der Waals surface area contributed by atoms with Crippen LogP contribution in [0.2, 0.25) is 10.0 Å². The molecule has 3 aromatic carbocycles. The summed E-state index contributed by atoms with van der Waals surface area (Å²) in [6.07, 6.45) is 1.23. The number of sulfonamides is 1. The van der Waals surface area contributed by atoms with Gasteiger partial charge in [0.15, 0.2) is 0 Å². The number of benzene rings is 3. The molecule has 1 atom stereocenters. The van der Waals surface area contributed by atoms with Crippen molar-refractivity contribution in [2.45, 2.75) is 45.8 Å². The molecule has 0 heterocycles. The van der Waals surface area contributed by atoms with E-state index in [1.165, 1.54) is 12.0 Å². The Kier molecular flexibility index (Phi) is 11.1. The number of amides is 2. The van der Waals surface area contributed by atoms with Gasteiger partial charge in [0.1, 0.15) is 18.3 Å². The van der Waals surface area contributed by atoms with Gasteiger partial charge < -0.3 is 15.0 Å². The van der Waals surface area contributed by atoms with Gasteiger partial charge in [-0.15, -0.1) is 0 Å². The van der Waals surface area contributed by atoms with Crippen molar-refractivity contribution in [3.8, 4) is 5.75 Å². The molecular formula is C30H35Cl2N3O5S. The van der Waals surface area contributed by atoms with Gasteiger partial charge in [-0.1, -0.05) is 65.7 Å². The molecule has 1 N–H and O–H groups in total. The number of hydrogen-bond donors (Lipinski definition) is 1. The standard InChI is InChI=1S/C30H35Cl2N3O5S/c1-20(2)33-30(37)27(17-22-9-7-6-8-10-22)34(18-23-12-13-24(31)25(32)16-23)29(36)19-35(41(5,38)39)26-15-21(3)11-14-28(26)40-4/h6-16,20,27H,17-19H2,1-5H3,(H,33,37)/t27-/m1/s1. The van der Waals surface area contributed by atoms with Crippen molar-refractivity contribution in [2.75, 3.05) is 24.2 Å². The van der Waals surface area contributed by atoms with Crippen LogP contribution in [-0.4, -0.2) is 57.1 Å². The predicted octanol–water partition coefficient (Wildman–Crippen LogP) is 5.24. The van der Waals surface area contributed by atoms with Crippen LogP contribution < -0.4 is 14.4 Å². The number of carbonyl (C=O) groups excluding carboxylic acids is 2. The number of nitrogens with one attached hydrogen (secondary N) is 1. The highest BCUT2D eigenvalue weighted by molar-refractivity contribution is 7.92. The normalized spacial score (nSPS) is 12.1. The second-order valence-electron chi connectivity index (χ2n) is 10.1. The quantitative estimate of drug-likeness (QED) is 0.299. The third kappa shape index (κ3) is 8.86. The number of aryl methyl sites for hydroxylation is 1. The van der Waals surface area contributed by atoms with Crippen LogP contribution in [0.15, 0.2) is 66.7 Å². The highest BCUT2D eigenvalue weighted by Gasteiger charge is 2.34. The van der Waals surface area contributed by atoms with Crippen molar-refractivity contribution in [3.63, 3.8) is 0 Å². The number of anilines is 1. The Balaban J connectivity index is 2.12. The van der Waals surface area contributed by atoms with E-state index in [0.717, 1.165) is 21.7 Å². The number of rotatable bonds is 12. The lowest BCUT2D eigenvalue weighted by Crippen LogP contribution is -2.54. The van der Waals surface area contributed by atoms with Gasteiger partial charge in [0, 0.05) is 19.0 Å². The number of carbonyl (C=O) groups is 2. The first-order chi connectivity index (χ1) is 19.3. The molecule has 3 aromatic rings. The molecule has 2 amide bonds. The topological polar surface area (TPSA) is 96.0 Å². The molecule has 220 valence electrons. The van der Waals surface area contributed by atoms with Gasteiger partial charge in [-0.2, -0.15) is 0 Å². The zero-order chi connectivity index (χ0) is 30.3. The Bertz CT molecular complexity index is 1480. The largest absolute Gasteiger partial charge is 0.495 e. The number of hydrogen-bond acceptors (Lipinski definition) is 5. The van der Waals surface area contributed by atoms with E-state index in [4.69, 9.17) is 27.9 Å². The van der Waals surface area contributed by atoms with E-state index < -0.39 is 28.5 Å². The molecule has 0 aromatic heterocycles. The van der Waals surface area contributed by atoms with Crippen LogP contribution in [-0.2, 0) is 32.6 Å². The summed E-state index contributed by atoms with van der Waals surface area (Å²) < 4.78 is 32.5. The van der Waals surface area contributed by atoms with Crippen LogP contribution in [0.25, 0.3) is 0 Å². The molecule has 3 rings (SSSR count). The maximum absolute atomic E-state index is 14.2. The smallest absolute Gasteiger partial charge is 0.244 e. The minimum atomic E-state index is -3.94. The van der Waals surface area contributed by atoms with E-state index in [1.54, 1.807) is 36.4 Å². The van der Waals surface area contributed by atoms with Crippen LogP contribution >= 0.6 is 23.2 Å². The molecule has 0 aliphatic heterocycles. The average Bonchev–Trinajstić information content (AvgIpc) is 2.90. The molecular weight excluding hydrogens is 585 g/mol. The van der Waals surface area contributed by atoms with E-state index in [-0.39, 0.29) is 30.6 Å². The lowest BCUT2D eigenvalue weighted by Gasteiger charge is -2.34. The van der Waals surface area contributed by atoms with Crippen LogP contribution in [0.3, 0.4) is 0 Å². The van der Waals surface area contributed by atoms with Gasteiger partial charge in [0.05, 0.1) is 29.1 Å². The monoisotopic (exact) mass is 619 g/mol. The first kappa shape index (κ1) is 32.2. The van der Waals surface area contributed by atoms with E-state index in [1.807, 2.05) is 51.1 Å². The fraction of sp³-hybridized carbons (Fsp3) is 0.333. The van der Waals surface area contributed by atoms with Crippen LogP contribution in [0.1, 0.15) is 30.5 Å².